The van der Waals surface area contributed by atoms with E-state index >= 15 is 0 Å². The largest absolute Gasteiger partial charge is 0.493 e. The second-order valence-electron chi connectivity index (χ2n) is 6.01. The van der Waals surface area contributed by atoms with Crippen molar-refractivity contribution in [3.05, 3.63) is 66.8 Å². The quantitative estimate of drug-likeness (QED) is 0.394. The number of hydrogen-bond acceptors (Lipinski definition) is 7. The summed E-state index contributed by atoms with van der Waals surface area (Å²) in [7, 11) is 1.61. The minimum Gasteiger partial charge on any atom is -0.493 e. The molecule has 2 heterocycles. The first-order valence-electron chi connectivity index (χ1n) is 9.14. The number of para-hydroxylation sites is 1. The SMILES string of the molecule is CCOc1ccc(-c2noc(CSc3nccn3-c3ccccc3)n2)cc1OC. The van der Waals surface area contributed by atoms with Crippen molar-refractivity contribution in [3.8, 4) is 28.6 Å². The van der Waals surface area contributed by atoms with Crippen molar-refractivity contribution >= 4 is 11.8 Å². The zero-order chi connectivity index (χ0) is 20.1. The number of methoxy groups -OCH3 is 1. The molecule has 8 heteroatoms. The van der Waals surface area contributed by atoms with Gasteiger partial charge in [-0.3, -0.25) is 4.57 Å². The van der Waals surface area contributed by atoms with Crippen LogP contribution in [-0.4, -0.2) is 33.4 Å². The van der Waals surface area contributed by atoms with Gasteiger partial charge in [0.1, 0.15) is 0 Å². The highest BCUT2D eigenvalue weighted by atomic mass is 32.2. The van der Waals surface area contributed by atoms with Gasteiger partial charge in [0.25, 0.3) is 0 Å². The number of aromatic nitrogens is 4. The zero-order valence-corrected chi connectivity index (χ0v) is 16.9. The molecule has 4 aromatic rings. The number of ether oxygens (including phenoxy) is 2. The molecule has 0 spiro atoms. The fourth-order valence-corrected chi connectivity index (χ4v) is 3.63. The second-order valence-corrected chi connectivity index (χ2v) is 6.96. The van der Waals surface area contributed by atoms with Gasteiger partial charge in [0.15, 0.2) is 16.7 Å². The van der Waals surface area contributed by atoms with Crippen LogP contribution < -0.4 is 9.47 Å². The third kappa shape index (κ3) is 4.27. The fourth-order valence-electron chi connectivity index (χ4n) is 2.82. The molecule has 29 heavy (non-hydrogen) atoms. The Bertz CT molecular complexity index is 1080. The van der Waals surface area contributed by atoms with Crippen molar-refractivity contribution in [2.45, 2.75) is 17.8 Å². The number of benzene rings is 2. The van der Waals surface area contributed by atoms with Gasteiger partial charge in [0, 0.05) is 23.6 Å². The molecule has 7 nitrogen and oxygen atoms in total. The second kappa shape index (κ2) is 8.83. The van der Waals surface area contributed by atoms with E-state index in [1.165, 1.54) is 11.8 Å². The molecule has 0 atom stereocenters. The van der Waals surface area contributed by atoms with E-state index in [1.807, 2.05) is 66.2 Å². The van der Waals surface area contributed by atoms with Crippen molar-refractivity contribution in [1.29, 1.82) is 0 Å². The van der Waals surface area contributed by atoms with Gasteiger partial charge in [0.2, 0.25) is 11.7 Å². The average molecular weight is 408 g/mol. The molecule has 148 valence electrons. The number of imidazole rings is 1. The molecule has 0 saturated carbocycles. The average Bonchev–Trinajstić information content (AvgIpc) is 3.43. The molecular formula is C21H20N4O3S. The predicted octanol–water partition coefficient (Wildman–Crippen LogP) is 4.62. The highest BCUT2D eigenvalue weighted by Crippen LogP contribution is 2.32. The highest BCUT2D eigenvalue weighted by molar-refractivity contribution is 7.98. The molecule has 0 fully saturated rings. The Morgan fingerprint density at radius 3 is 2.76 bits per heavy atom. The van der Waals surface area contributed by atoms with Crippen LogP contribution in [0.15, 0.2) is 70.6 Å². The lowest BCUT2D eigenvalue weighted by Crippen LogP contribution is -1.96. The summed E-state index contributed by atoms with van der Waals surface area (Å²) in [6.45, 7) is 2.50. The van der Waals surface area contributed by atoms with Crippen LogP contribution >= 0.6 is 11.8 Å². The summed E-state index contributed by atoms with van der Waals surface area (Å²) in [5.74, 6) is 2.87. The van der Waals surface area contributed by atoms with E-state index in [2.05, 4.69) is 15.1 Å². The molecule has 4 rings (SSSR count). The molecule has 0 aliphatic carbocycles. The molecule has 2 aromatic carbocycles. The Morgan fingerprint density at radius 2 is 1.97 bits per heavy atom. The Kier molecular flexibility index (Phi) is 5.81. The van der Waals surface area contributed by atoms with Crippen molar-refractivity contribution in [3.63, 3.8) is 0 Å². The van der Waals surface area contributed by atoms with E-state index in [0.29, 0.717) is 35.6 Å². The molecule has 0 N–H and O–H groups in total. The van der Waals surface area contributed by atoms with Gasteiger partial charge in [-0.2, -0.15) is 4.98 Å². The molecule has 0 aliphatic heterocycles. The Balaban J connectivity index is 1.48. The summed E-state index contributed by atoms with van der Waals surface area (Å²) in [5.41, 5.74) is 1.86. The molecule has 0 unspecified atom stereocenters. The van der Waals surface area contributed by atoms with Crippen LogP contribution in [0.4, 0.5) is 0 Å². The lowest BCUT2D eigenvalue weighted by atomic mass is 10.2. The maximum Gasteiger partial charge on any atom is 0.237 e. The van der Waals surface area contributed by atoms with Gasteiger partial charge >= 0.3 is 0 Å². The molecule has 0 amide bonds. The summed E-state index contributed by atoms with van der Waals surface area (Å²) < 4.78 is 18.4. The topological polar surface area (TPSA) is 75.2 Å². The smallest absolute Gasteiger partial charge is 0.237 e. The number of nitrogens with zero attached hydrogens (tertiary/aromatic N) is 4. The molecular weight excluding hydrogens is 388 g/mol. The van der Waals surface area contributed by atoms with Crippen LogP contribution in [0.1, 0.15) is 12.8 Å². The minimum absolute atomic E-state index is 0.508. The molecule has 0 saturated heterocycles. The fraction of sp³-hybridized carbons (Fsp3) is 0.190. The molecule has 0 radical (unpaired) electrons. The number of thioether (sulfide) groups is 1. The van der Waals surface area contributed by atoms with Crippen LogP contribution in [0.25, 0.3) is 17.1 Å². The molecule has 2 aromatic heterocycles. The van der Waals surface area contributed by atoms with Gasteiger partial charge in [0.05, 0.1) is 19.5 Å². The van der Waals surface area contributed by atoms with Crippen LogP contribution in [-0.2, 0) is 5.75 Å². The maximum atomic E-state index is 5.55. The van der Waals surface area contributed by atoms with Crippen molar-refractivity contribution in [2.75, 3.05) is 13.7 Å². The number of rotatable bonds is 8. The first kappa shape index (κ1) is 19.1. The van der Waals surface area contributed by atoms with Crippen LogP contribution in [0.5, 0.6) is 11.5 Å². The van der Waals surface area contributed by atoms with Gasteiger partial charge in [-0.1, -0.05) is 35.1 Å². The Labute approximate surface area is 172 Å². The van der Waals surface area contributed by atoms with E-state index in [4.69, 9.17) is 14.0 Å². The van der Waals surface area contributed by atoms with Crippen LogP contribution in [0, 0.1) is 0 Å². The van der Waals surface area contributed by atoms with Gasteiger partial charge in [-0.05, 0) is 37.3 Å². The predicted molar refractivity (Wildman–Crippen MR) is 111 cm³/mol. The lowest BCUT2D eigenvalue weighted by molar-refractivity contribution is 0.311. The van der Waals surface area contributed by atoms with Crippen molar-refractivity contribution in [2.24, 2.45) is 0 Å². The third-order valence-electron chi connectivity index (χ3n) is 4.16. The van der Waals surface area contributed by atoms with Crippen molar-refractivity contribution in [1.82, 2.24) is 19.7 Å². The Morgan fingerprint density at radius 1 is 1.10 bits per heavy atom. The Hall–Kier alpha value is -3.26. The van der Waals surface area contributed by atoms with E-state index in [9.17, 15) is 0 Å². The van der Waals surface area contributed by atoms with Gasteiger partial charge in [-0.15, -0.1) is 0 Å². The summed E-state index contributed by atoms with van der Waals surface area (Å²) in [4.78, 5) is 8.93. The van der Waals surface area contributed by atoms with Crippen LogP contribution in [0.2, 0.25) is 0 Å². The van der Waals surface area contributed by atoms with Crippen LogP contribution in [0.3, 0.4) is 0 Å². The molecule has 0 aliphatic rings. The highest BCUT2D eigenvalue weighted by Gasteiger charge is 2.14. The first-order chi connectivity index (χ1) is 14.3. The van der Waals surface area contributed by atoms with E-state index < -0.39 is 0 Å². The molecule has 0 bridgehead atoms. The third-order valence-corrected chi connectivity index (χ3v) is 5.11. The summed E-state index contributed by atoms with van der Waals surface area (Å²) >= 11 is 1.54. The van der Waals surface area contributed by atoms with Gasteiger partial charge in [-0.25, -0.2) is 4.98 Å². The van der Waals surface area contributed by atoms with E-state index in [0.717, 1.165) is 16.4 Å². The first-order valence-corrected chi connectivity index (χ1v) is 10.1. The maximum absolute atomic E-state index is 5.55. The standard InChI is InChI=1S/C21H20N4O3S/c1-3-27-17-10-9-15(13-18(17)26-2)20-23-19(28-24-20)14-29-21-22-11-12-25(21)16-7-5-4-6-8-16/h4-13H,3,14H2,1-2H3. The summed E-state index contributed by atoms with van der Waals surface area (Å²) in [5, 5.41) is 4.95. The van der Waals surface area contributed by atoms with E-state index in [1.54, 1.807) is 13.3 Å². The summed E-state index contributed by atoms with van der Waals surface area (Å²) in [6, 6.07) is 15.6. The summed E-state index contributed by atoms with van der Waals surface area (Å²) in [6.07, 6.45) is 3.71. The van der Waals surface area contributed by atoms with Crippen molar-refractivity contribution < 1.29 is 14.0 Å². The monoisotopic (exact) mass is 408 g/mol. The lowest BCUT2D eigenvalue weighted by Gasteiger charge is -2.09. The number of hydrogen-bond donors (Lipinski definition) is 0. The van der Waals surface area contributed by atoms with E-state index in [-0.39, 0.29) is 0 Å². The minimum atomic E-state index is 0.508. The normalized spacial score (nSPS) is 10.8. The van der Waals surface area contributed by atoms with Gasteiger partial charge < -0.3 is 14.0 Å². The zero-order valence-electron chi connectivity index (χ0n) is 16.1.